The van der Waals surface area contributed by atoms with Gasteiger partial charge < -0.3 is 10.3 Å². The molecule has 2 heterocycles. The first kappa shape index (κ1) is 21.8. The predicted molar refractivity (Wildman–Crippen MR) is 131 cm³/mol. The lowest BCUT2D eigenvalue weighted by Gasteiger charge is -2.10. The van der Waals surface area contributed by atoms with Crippen molar-refractivity contribution >= 4 is 78.2 Å². The lowest BCUT2D eigenvalue weighted by atomic mass is 10.0. The minimum Gasteiger partial charge on any atom is -0.360 e. The van der Waals surface area contributed by atoms with Crippen molar-refractivity contribution in [1.29, 1.82) is 0 Å². The Morgan fingerprint density at radius 1 is 1.06 bits per heavy atom. The summed E-state index contributed by atoms with van der Waals surface area (Å²) in [5.41, 5.74) is 2.21. The number of halogens is 2. The molecule has 4 rings (SSSR count). The third kappa shape index (κ3) is 4.61. The second-order valence-electron chi connectivity index (χ2n) is 6.39. The Bertz CT molecular complexity index is 1480. The Kier molecular flexibility index (Phi) is 6.06. The molecule has 158 valence electrons. The molecule has 2 amide bonds. The molecule has 0 unspecified atom stereocenters. The van der Waals surface area contributed by atoms with Gasteiger partial charge in [0, 0.05) is 37.5 Å². The van der Waals surface area contributed by atoms with Gasteiger partial charge in [-0.2, -0.15) is 0 Å². The van der Waals surface area contributed by atoms with E-state index in [1.165, 1.54) is 12.1 Å². The summed E-state index contributed by atoms with van der Waals surface area (Å²) < 4.78 is 27.4. The first-order valence-corrected chi connectivity index (χ1v) is 12.5. The highest BCUT2D eigenvalue weighted by molar-refractivity contribution is 14.1. The number of urea groups is 1. The van der Waals surface area contributed by atoms with E-state index in [0.29, 0.717) is 30.1 Å². The number of thiophene rings is 1. The van der Waals surface area contributed by atoms with Crippen LogP contribution < -0.4 is 15.5 Å². The van der Waals surface area contributed by atoms with Gasteiger partial charge in [-0.05, 0) is 59.0 Å². The molecule has 0 atom stereocenters. The average molecular weight is 586 g/mol. The Hall–Kier alpha value is -2.41. The van der Waals surface area contributed by atoms with E-state index in [1.54, 1.807) is 36.5 Å². The van der Waals surface area contributed by atoms with Crippen molar-refractivity contribution in [1.82, 2.24) is 9.71 Å². The molecule has 3 N–H and O–H groups in total. The number of fused-ring (bicyclic) bond motifs is 1. The highest BCUT2D eigenvalue weighted by Gasteiger charge is 2.20. The normalized spacial score (nSPS) is 11.4. The van der Waals surface area contributed by atoms with Crippen molar-refractivity contribution in [2.75, 3.05) is 5.32 Å². The molecule has 0 fully saturated rings. The number of H-pyrrole nitrogens is 1. The summed E-state index contributed by atoms with van der Waals surface area (Å²) >= 11 is 8.67. The first-order chi connectivity index (χ1) is 14.7. The molecular formula is C20H13ClIN3O4S2. The van der Waals surface area contributed by atoms with Crippen molar-refractivity contribution in [3.05, 3.63) is 78.9 Å². The summed E-state index contributed by atoms with van der Waals surface area (Å²) in [5, 5.41) is 3.07. The summed E-state index contributed by atoms with van der Waals surface area (Å²) in [6, 6.07) is 14.0. The van der Waals surface area contributed by atoms with Crippen LogP contribution in [-0.2, 0) is 10.0 Å². The topological polar surface area (TPSA) is 108 Å². The van der Waals surface area contributed by atoms with Crippen LogP contribution in [0.5, 0.6) is 0 Å². The molecule has 0 saturated heterocycles. The smallest absolute Gasteiger partial charge is 0.333 e. The van der Waals surface area contributed by atoms with E-state index in [1.807, 2.05) is 16.9 Å². The minimum atomic E-state index is -4.02. The number of hydrogen-bond donors (Lipinski definition) is 3. The number of benzene rings is 2. The van der Waals surface area contributed by atoms with E-state index in [2.05, 4.69) is 32.9 Å². The molecule has 0 aliphatic carbocycles. The van der Waals surface area contributed by atoms with Gasteiger partial charge in [0.05, 0.1) is 4.34 Å². The maximum absolute atomic E-state index is 12.9. The fraction of sp³-hybridized carbons (Fsp3) is 0. The fourth-order valence-electron chi connectivity index (χ4n) is 2.95. The Morgan fingerprint density at radius 2 is 1.84 bits per heavy atom. The van der Waals surface area contributed by atoms with E-state index >= 15 is 0 Å². The van der Waals surface area contributed by atoms with E-state index in [-0.39, 0.29) is 9.64 Å². The molecule has 0 saturated carbocycles. The number of carbonyl (C=O) groups excluding carboxylic acids is 1. The molecule has 0 aliphatic rings. The van der Waals surface area contributed by atoms with Crippen molar-refractivity contribution in [3.8, 4) is 11.1 Å². The maximum Gasteiger partial charge on any atom is 0.333 e. The number of amides is 2. The second kappa shape index (κ2) is 8.61. The van der Waals surface area contributed by atoms with Gasteiger partial charge in [0.15, 0.2) is 5.43 Å². The molecule has 11 heteroatoms. The van der Waals surface area contributed by atoms with Crippen LogP contribution in [-0.4, -0.2) is 19.4 Å². The predicted octanol–water partition coefficient (Wildman–Crippen LogP) is 5.03. The summed E-state index contributed by atoms with van der Waals surface area (Å²) in [6.07, 6.45) is 1.65. The zero-order valence-corrected chi connectivity index (χ0v) is 20.0. The highest BCUT2D eigenvalue weighted by atomic mass is 127. The molecule has 0 bridgehead atoms. The zero-order valence-electron chi connectivity index (χ0n) is 15.5. The average Bonchev–Trinajstić information content (AvgIpc) is 3.16. The molecule has 0 aliphatic heterocycles. The monoisotopic (exact) mass is 585 g/mol. The number of rotatable bonds is 4. The van der Waals surface area contributed by atoms with E-state index in [9.17, 15) is 18.0 Å². The number of anilines is 1. The third-order valence-corrected chi connectivity index (χ3v) is 8.29. The van der Waals surface area contributed by atoms with Gasteiger partial charge in [-0.3, -0.25) is 4.79 Å². The van der Waals surface area contributed by atoms with Crippen LogP contribution in [0.2, 0.25) is 4.34 Å². The van der Waals surface area contributed by atoms with Gasteiger partial charge in [0.25, 0.3) is 10.0 Å². The Morgan fingerprint density at radius 3 is 2.55 bits per heavy atom. The molecule has 7 nitrogen and oxygen atoms in total. The van der Waals surface area contributed by atoms with Crippen LogP contribution in [0.3, 0.4) is 0 Å². The molecule has 31 heavy (non-hydrogen) atoms. The summed E-state index contributed by atoms with van der Waals surface area (Å²) in [5.74, 6) is 0. The summed E-state index contributed by atoms with van der Waals surface area (Å²) in [4.78, 5) is 28.2. The number of aromatic nitrogens is 1. The van der Waals surface area contributed by atoms with Crippen molar-refractivity contribution in [3.63, 3.8) is 0 Å². The van der Waals surface area contributed by atoms with Gasteiger partial charge in [0.1, 0.15) is 4.21 Å². The summed E-state index contributed by atoms with van der Waals surface area (Å²) in [6.45, 7) is 0. The van der Waals surface area contributed by atoms with Crippen LogP contribution in [0.15, 0.2) is 69.8 Å². The molecule has 4 aromatic rings. The second-order valence-corrected chi connectivity index (χ2v) is 11.2. The molecule has 2 aromatic heterocycles. The Labute approximate surface area is 199 Å². The van der Waals surface area contributed by atoms with Crippen molar-refractivity contribution < 1.29 is 13.2 Å². The van der Waals surface area contributed by atoms with E-state index in [0.717, 1.165) is 16.9 Å². The van der Waals surface area contributed by atoms with E-state index in [4.69, 9.17) is 11.6 Å². The van der Waals surface area contributed by atoms with Gasteiger partial charge in [0.2, 0.25) is 0 Å². The van der Waals surface area contributed by atoms with Crippen LogP contribution in [0.1, 0.15) is 0 Å². The van der Waals surface area contributed by atoms with Crippen molar-refractivity contribution in [2.24, 2.45) is 0 Å². The highest BCUT2D eigenvalue weighted by Crippen LogP contribution is 2.27. The first-order valence-electron chi connectivity index (χ1n) is 8.74. The van der Waals surface area contributed by atoms with Crippen LogP contribution >= 0.6 is 45.5 Å². The van der Waals surface area contributed by atoms with Crippen LogP contribution in [0, 0.1) is 3.57 Å². The standard InChI is InChI=1S/C20H13ClIN3O4S2/c21-17-7-8-18(30-17)31(28,29)25-20(27)24-11-5-6-12(15(22)9-11)14-10-23-16-4-2-1-3-13(16)19(14)26/h1-10H,(H,23,26)(H2,24,25,27). The largest absolute Gasteiger partial charge is 0.360 e. The quantitative estimate of drug-likeness (QED) is 0.292. The SMILES string of the molecule is O=C(Nc1ccc(-c2c[nH]c3ccccc3c2=O)c(I)c1)NS(=O)(=O)c1ccc(Cl)s1. The number of sulfonamides is 1. The lowest BCUT2D eigenvalue weighted by Crippen LogP contribution is -2.33. The summed E-state index contributed by atoms with van der Waals surface area (Å²) in [7, 11) is -4.02. The number of nitrogens with one attached hydrogen (secondary N) is 3. The number of carbonyl (C=O) groups is 1. The molecule has 0 spiro atoms. The van der Waals surface area contributed by atoms with Gasteiger partial charge >= 0.3 is 6.03 Å². The molecule has 0 radical (unpaired) electrons. The molecule has 2 aromatic carbocycles. The fourth-order valence-corrected chi connectivity index (χ4v) is 6.15. The number of aromatic amines is 1. The lowest BCUT2D eigenvalue weighted by molar-refractivity contribution is 0.256. The van der Waals surface area contributed by atoms with Crippen molar-refractivity contribution in [2.45, 2.75) is 4.21 Å². The zero-order chi connectivity index (χ0) is 22.2. The number of pyridine rings is 1. The van der Waals surface area contributed by atoms with Crippen LogP contribution in [0.25, 0.3) is 22.0 Å². The number of hydrogen-bond acceptors (Lipinski definition) is 5. The third-order valence-electron chi connectivity index (χ3n) is 4.35. The van der Waals surface area contributed by atoms with Gasteiger partial charge in [-0.25, -0.2) is 17.9 Å². The van der Waals surface area contributed by atoms with Gasteiger partial charge in [-0.1, -0.05) is 29.8 Å². The number of para-hydroxylation sites is 1. The minimum absolute atomic E-state index is 0.0619. The maximum atomic E-state index is 12.9. The van der Waals surface area contributed by atoms with Crippen LogP contribution in [0.4, 0.5) is 10.5 Å². The Balaban J connectivity index is 1.56. The van der Waals surface area contributed by atoms with Gasteiger partial charge in [-0.15, -0.1) is 11.3 Å². The van der Waals surface area contributed by atoms with E-state index < -0.39 is 16.1 Å². The molecular weight excluding hydrogens is 573 g/mol.